The standard InChI is InChI=1S/C11H20ClNO/c1-7-4-5-10(9(7)3)13-11(14)8(2)6-12/h7-10H,4-6H2,1-3H3,(H,13,14). The molecule has 4 atom stereocenters. The van der Waals surface area contributed by atoms with E-state index in [1.165, 1.54) is 6.42 Å². The second kappa shape index (κ2) is 5.01. The maximum absolute atomic E-state index is 11.6. The van der Waals surface area contributed by atoms with Crippen LogP contribution in [0.25, 0.3) is 0 Å². The molecule has 2 nitrogen and oxygen atoms in total. The van der Waals surface area contributed by atoms with Gasteiger partial charge in [-0.1, -0.05) is 20.8 Å². The molecule has 1 fully saturated rings. The summed E-state index contributed by atoms with van der Waals surface area (Å²) in [4.78, 5) is 11.6. The number of carbonyl (C=O) groups excluding carboxylic acids is 1. The molecule has 1 aliphatic carbocycles. The minimum absolute atomic E-state index is 0.0697. The lowest BCUT2D eigenvalue weighted by atomic mass is 9.97. The van der Waals surface area contributed by atoms with E-state index in [1.54, 1.807) is 0 Å². The molecular weight excluding hydrogens is 198 g/mol. The monoisotopic (exact) mass is 217 g/mol. The number of hydrogen-bond acceptors (Lipinski definition) is 1. The van der Waals surface area contributed by atoms with Crippen molar-refractivity contribution in [3.05, 3.63) is 0 Å². The zero-order valence-electron chi connectivity index (χ0n) is 9.22. The highest BCUT2D eigenvalue weighted by Crippen LogP contribution is 2.31. The van der Waals surface area contributed by atoms with Gasteiger partial charge in [0.15, 0.2) is 0 Å². The van der Waals surface area contributed by atoms with Gasteiger partial charge in [-0.05, 0) is 24.7 Å². The van der Waals surface area contributed by atoms with E-state index in [0.29, 0.717) is 17.8 Å². The molecule has 0 bridgehead atoms. The average molecular weight is 218 g/mol. The Bertz CT molecular complexity index is 207. The quantitative estimate of drug-likeness (QED) is 0.723. The van der Waals surface area contributed by atoms with Gasteiger partial charge in [0.25, 0.3) is 0 Å². The average Bonchev–Trinajstić information content (AvgIpc) is 2.48. The molecule has 4 unspecified atom stereocenters. The lowest BCUT2D eigenvalue weighted by Gasteiger charge is -2.21. The van der Waals surface area contributed by atoms with Crippen molar-refractivity contribution in [2.45, 2.75) is 39.7 Å². The van der Waals surface area contributed by atoms with Crippen LogP contribution in [-0.2, 0) is 4.79 Å². The molecule has 1 amide bonds. The van der Waals surface area contributed by atoms with Crippen LogP contribution in [-0.4, -0.2) is 17.8 Å². The largest absolute Gasteiger partial charge is 0.353 e. The van der Waals surface area contributed by atoms with Gasteiger partial charge in [-0.2, -0.15) is 0 Å². The Morgan fingerprint density at radius 3 is 2.57 bits per heavy atom. The molecule has 1 N–H and O–H groups in total. The number of amides is 1. The van der Waals surface area contributed by atoms with Crippen LogP contribution in [0.2, 0.25) is 0 Å². The van der Waals surface area contributed by atoms with Gasteiger partial charge in [-0.3, -0.25) is 4.79 Å². The Labute approximate surface area is 91.4 Å². The van der Waals surface area contributed by atoms with E-state index in [-0.39, 0.29) is 11.8 Å². The Hall–Kier alpha value is -0.240. The van der Waals surface area contributed by atoms with Gasteiger partial charge in [0.1, 0.15) is 0 Å². The molecule has 1 aliphatic rings. The summed E-state index contributed by atoms with van der Waals surface area (Å²) in [5.41, 5.74) is 0. The molecule has 1 saturated carbocycles. The Balaban J connectivity index is 2.41. The van der Waals surface area contributed by atoms with Gasteiger partial charge in [-0.15, -0.1) is 11.6 Å². The second-order valence-corrected chi connectivity index (χ2v) is 4.89. The fraction of sp³-hybridized carbons (Fsp3) is 0.909. The van der Waals surface area contributed by atoms with Crippen molar-refractivity contribution >= 4 is 17.5 Å². The van der Waals surface area contributed by atoms with Crippen LogP contribution in [0.15, 0.2) is 0 Å². The molecule has 0 heterocycles. The van der Waals surface area contributed by atoms with Crippen molar-refractivity contribution in [1.29, 1.82) is 0 Å². The van der Waals surface area contributed by atoms with E-state index >= 15 is 0 Å². The molecule has 82 valence electrons. The number of hydrogen-bond donors (Lipinski definition) is 1. The maximum Gasteiger partial charge on any atom is 0.224 e. The van der Waals surface area contributed by atoms with Gasteiger partial charge < -0.3 is 5.32 Å². The highest BCUT2D eigenvalue weighted by Gasteiger charge is 2.31. The predicted molar refractivity (Wildman–Crippen MR) is 59.4 cm³/mol. The Morgan fingerprint density at radius 1 is 1.50 bits per heavy atom. The van der Waals surface area contributed by atoms with Gasteiger partial charge >= 0.3 is 0 Å². The summed E-state index contributed by atoms with van der Waals surface area (Å²) in [7, 11) is 0. The normalized spacial score (nSPS) is 34.1. The van der Waals surface area contributed by atoms with E-state index in [9.17, 15) is 4.79 Å². The smallest absolute Gasteiger partial charge is 0.224 e. The molecule has 0 aromatic carbocycles. The van der Waals surface area contributed by atoms with Gasteiger partial charge in [0, 0.05) is 17.8 Å². The molecular formula is C11H20ClNO. The number of carbonyl (C=O) groups is 1. The number of nitrogens with one attached hydrogen (secondary N) is 1. The zero-order valence-corrected chi connectivity index (χ0v) is 9.97. The van der Waals surface area contributed by atoms with E-state index < -0.39 is 0 Å². The highest BCUT2D eigenvalue weighted by molar-refractivity contribution is 6.19. The molecule has 3 heteroatoms. The first kappa shape index (κ1) is 11.8. The molecule has 0 aromatic heterocycles. The first-order valence-corrected chi connectivity index (χ1v) is 5.96. The number of rotatable bonds is 3. The first-order chi connectivity index (χ1) is 6.56. The molecule has 14 heavy (non-hydrogen) atoms. The van der Waals surface area contributed by atoms with Crippen LogP contribution >= 0.6 is 11.6 Å². The van der Waals surface area contributed by atoms with Crippen LogP contribution < -0.4 is 5.32 Å². The molecule has 0 aliphatic heterocycles. The van der Waals surface area contributed by atoms with Crippen LogP contribution in [0.5, 0.6) is 0 Å². The third-order valence-electron chi connectivity index (χ3n) is 3.47. The molecule has 0 saturated heterocycles. The van der Waals surface area contributed by atoms with Crippen LogP contribution in [0.1, 0.15) is 33.6 Å². The van der Waals surface area contributed by atoms with Crippen molar-refractivity contribution in [1.82, 2.24) is 5.32 Å². The summed E-state index contributed by atoms with van der Waals surface area (Å²) in [5, 5.41) is 3.09. The SMILES string of the molecule is CC(CCl)C(=O)NC1CCC(C)C1C. The van der Waals surface area contributed by atoms with Crippen molar-refractivity contribution in [3.63, 3.8) is 0 Å². The van der Waals surface area contributed by atoms with Gasteiger partial charge in [-0.25, -0.2) is 0 Å². The molecule has 0 spiro atoms. The third-order valence-corrected chi connectivity index (χ3v) is 3.93. The van der Waals surface area contributed by atoms with Crippen LogP contribution in [0.4, 0.5) is 0 Å². The summed E-state index contributed by atoms with van der Waals surface area (Å²) in [6, 6.07) is 0.364. The van der Waals surface area contributed by atoms with Gasteiger partial charge in [0.2, 0.25) is 5.91 Å². The molecule has 1 rings (SSSR count). The highest BCUT2D eigenvalue weighted by atomic mass is 35.5. The Morgan fingerprint density at radius 2 is 2.14 bits per heavy atom. The maximum atomic E-state index is 11.6. The molecule has 0 aromatic rings. The zero-order chi connectivity index (χ0) is 10.7. The van der Waals surface area contributed by atoms with E-state index in [0.717, 1.165) is 12.3 Å². The minimum atomic E-state index is -0.0697. The second-order valence-electron chi connectivity index (χ2n) is 4.58. The first-order valence-electron chi connectivity index (χ1n) is 5.42. The third kappa shape index (κ3) is 2.63. The van der Waals surface area contributed by atoms with Crippen molar-refractivity contribution in [3.8, 4) is 0 Å². The number of halogens is 1. The topological polar surface area (TPSA) is 29.1 Å². The summed E-state index contributed by atoms with van der Waals surface area (Å²) in [6.07, 6.45) is 2.34. The van der Waals surface area contributed by atoms with Gasteiger partial charge in [0.05, 0.1) is 0 Å². The lowest BCUT2D eigenvalue weighted by Crippen LogP contribution is -2.40. The Kier molecular flexibility index (Phi) is 4.24. The van der Waals surface area contributed by atoms with Crippen molar-refractivity contribution in [2.75, 3.05) is 5.88 Å². The fourth-order valence-corrected chi connectivity index (χ4v) is 2.10. The van der Waals surface area contributed by atoms with E-state index in [4.69, 9.17) is 11.6 Å². The molecule has 0 radical (unpaired) electrons. The summed E-state index contributed by atoms with van der Waals surface area (Å²) < 4.78 is 0. The van der Waals surface area contributed by atoms with Crippen molar-refractivity contribution in [2.24, 2.45) is 17.8 Å². The minimum Gasteiger partial charge on any atom is -0.353 e. The fourth-order valence-electron chi connectivity index (χ4n) is 1.96. The predicted octanol–water partition coefficient (Wildman–Crippen LogP) is 2.41. The van der Waals surface area contributed by atoms with E-state index in [1.807, 2.05) is 6.92 Å². The van der Waals surface area contributed by atoms with Crippen molar-refractivity contribution < 1.29 is 4.79 Å². The summed E-state index contributed by atoms with van der Waals surface area (Å²) in [6.45, 7) is 6.33. The van der Waals surface area contributed by atoms with Crippen LogP contribution in [0.3, 0.4) is 0 Å². The van der Waals surface area contributed by atoms with E-state index in [2.05, 4.69) is 19.2 Å². The van der Waals surface area contributed by atoms with Crippen LogP contribution in [0, 0.1) is 17.8 Å². The lowest BCUT2D eigenvalue weighted by molar-refractivity contribution is -0.124. The number of alkyl halides is 1. The summed E-state index contributed by atoms with van der Waals surface area (Å²) >= 11 is 5.64. The summed E-state index contributed by atoms with van der Waals surface area (Å²) in [5.74, 6) is 1.77.